The zero-order chi connectivity index (χ0) is 14.9. The Balaban J connectivity index is 1.67. The quantitative estimate of drug-likeness (QED) is 0.723. The number of thiazole rings is 1. The van der Waals surface area contributed by atoms with Gasteiger partial charge in [-0.3, -0.25) is 4.98 Å². The first-order chi connectivity index (χ1) is 10.3. The third kappa shape index (κ3) is 5.53. The average Bonchev–Trinajstić information content (AvgIpc) is 2.91. The zero-order valence-corrected chi connectivity index (χ0v) is 13.6. The van der Waals surface area contributed by atoms with Crippen LogP contribution >= 0.6 is 11.3 Å². The van der Waals surface area contributed by atoms with Crippen LogP contribution in [0.3, 0.4) is 0 Å². The highest BCUT2D eigenvalue weighted by Gasteiger charge is 2.02. The van der Waals surface area contributed by atoms with Gasteiger partial charge in [-0.2, -0.15) is 0 Å². The number of nitrogens with one attached hydrogen (secondary N) is 1. The van der Waals surface area contributed by atoms with Gasteiger partial charge >= 0.3 is 0 Å². The van der Waals surface area contributed by atoms with Crippen molar-refractivity contribution < 1.29 is 4.74 Å². The van der Waals surface area contributed by atoms with Crippen molar-refractivity contribution in [1.82, 2.24) is 15.3 Å². The number of rotatable bonds is 9. The minimum Gasteiger partial charge on any atom is -0.375 e. The number of aromatic nitrogens is 2. The average molecular weight is 305 g/mol. The maximum absolute atomic E-state index is 5.69. The van der Waals surface area contributed by atoms with Crippen LogP contribution in [0.15, 0.2) is 23.8 Å². The van der Waals surface area contributed by atoms with E-state index in [2.05, 4.69) is 28.3 Å². The van der Waals surface area contributed by atoms with Crippen molar-refractivity contribution in [1.29, 1.82) is 0 Å². The highest BCUT2D eigenvalue weighted by atomic mass is 32.1. The molecule has 0 fully saturated rings. The number of pyridine rings is 1. The van der Waals surface area contributed by atoms with Gasteiger partial charge in [0.2, 0.25) is 0 Å². The molecule has 0 saturated carbocycles. The second kappa shape index (κ2) is 8.87. The van der Waals surface area contributed by atoms with Crippen molar-refractivity contribution in [3.8, 4) is 0 Å². The summed E-state index contributed by atoms with van der Waals surface area (Å²) >= 11 is 1.69. The Hall–Kier alpha value is -1.30. The molecule has 0 atom stereocenters. The van der Waals surface area contributed by atoms with Crippen molar-refractivity contribution in [2.75, 3.05) is 13.2 Å². The van der Waals surface area contributed by atoms with E-state index in [9.17, 15) is 0 Å². The summed E-state index contributed by atoms with van der Waals surface area (Å²) in [5.74, 6) is 0. The van der Waals surface area contributed by atoms with Crippen LogP contribution in [-0.2, 0) is 24.3 Å². The summed E-state index contributed by atoms with van der Waals surface area (Å²) in [6.07, 6.45) is 4.00. The molecular formula is C16H23N3OS. The highest BCUT2D eigenvalue weighted by Crippen LogP contribution is 2.12. The molecule has 5 heteroatoms. The van der Waals surface area contributed by atoms with Crippen molar-refractivity contribution in [3.63, 3.8) is 0 Å². The van der Waals surface area contributed by atoms with Crippen LogP contribution in [0.2, 0.25) is 0 Å². The Labute approximate surface area is 130 Å². The van der Waals surface area contributed by atoms with E-state index in [1.807, 2.05) is 24.7 Å². The molecule has 0 unspecified atom stereocenters. The molecule has 0 aliphatic rings. The number of aryl methyl sites for hydroxylation is 1. The van der Waals surface area contributed by atoms with Crippen molar-refractivity contribution in [2.45, 2.75) is 39.8 Å². The Morgan fingerprint density at radius 3 is 2.86 bits per heavy atom. The first kappa shape index (κ1) is 16.1. The minimum atomic E-state index is 0.570. The topological polar surface area (TPSA) is 47.0 Å². The molecule has 2 heterocycles. The second-order valence-electron chi connectivity index (χ2n) is 5.00. The Morgan fingerprint density at radius 2 is 2.19 bits per heavy atom. The third-order valence-corrected chi connectivity index (χ3v) is 4.21. The van der Waals surface area contributed by atoms with E-state index in [1.165, 1.54) is 10.4 Å². The molecule has 0 spiro atoms. The molecule has 114 valence electrons. The maximum atomic E-state index is 5.69. The summed E-state index contributed by atoms with van der Waals surface area (Å²) in [7, 11) is 0. The van der Waals surface area contributed by atoms with Gasteiger partial charge in [0.1, 0.15) is 0 Å². The van der Waals surface area contributed by atoms with Gasteiger partial charge in [-0.15, -0.1) is 11.3 Å². The minimum absolute atomic E-state index is 0.570. The number of hydrogen-bond acceptors (Lipinski definition) is 5. The van der Waals surface area contributed by atoms with Crippen LogP contribution in [0, 0.1) is 6.92 Å². The number of ether oxygens (including phenoxy) is 1. The van der Waals surface area contributed by atoms with Crippen molar-refractivity contribution in [3.05, 3.63) is 45.7 Å². The first-order valence-electron chi connectivity index (χ1n) is 7.41. The van der Waals surface area contributed by atoms with Crippen LogP contribution in [0.25, 0.3) is 0 Å². The van der Waals surface area contributed by atoms with Crippen molar-refractivity contribution in [2.24, 2.45) is 0 Å². The lowest BCUT2D eigenvalue weighted by atomic mass is 10.2. The number of hydrogen-bond donors (Lipinski definition) is 1. The summed E-state index contributed by atoms with van der Waals surface area (Å²) in [6.45, 7) is 7.41. The van der Waals surface area contributed by atoms with Gasteiger partial charge in [-0.25, -0.2) is 4.98 Å². The molecule has 0 aliphatic heterocycles. The van der Waals surface area contributed by atoms with Gasteiger partial charge in [0.05, 0.1) is 30.1 Å². The molecule has 1 N–H and O–H groups in total. The van der Waals surface area contributed by atoms with Crippen molar-refractivity contribution >= 4 is 11.3 Å². The van der Waals surface area contributed by atoms with Crippen LogP contribution in [-0.4, -0.2) is 23.1 Å². The van der Waals surface area contributed by atoms with E-state index >= 15 is 0 Å². The SMILES string of the molecule is CCCNCc1ccc(COCCc2scnc2C)nc1. The summed E-state index contributed by atoms with van der Waals surface area (Å²) in [5.41, 5.74) is 5.20. The fourth-order valence-corrected chi connectivity index (χ4v) is 2.72. The molecule has 0 aliphatic carbocycles. The molecule has 21 heavy (non-hydrogen) atoms. The molecule has 2 aromatic rings. The number of nitrogens with zero attached hydrogens (tertiary/aromatic N) is 2. The molecule has 0 bridgehead atoms. The van der Waals surface area contributed by atoms with E-state index in [4.69, 9.17) is 4.74 Å². The molecule has 2 aromatic heterocycles. The molecule has 0 amide bonds. The normalized spacial score (nSPS) is 11.0. The van der Waals surface area contributed by atoms with Crippen LogP contribution in [0.1, 0.15) is 35.2 Å². The highest BCUT2D eigenvalue weighted by molar-refractivity contribution is 7.09. The van der Waals surface area contributed by atoms with E-state index in [-0.39, 0.29) is 0 Å². The van der Waals surface area contributed by atoms with Crippen LogP contribution in [0.5, 0.6) is 0 Å². The van der Waals surface area contributed by atoms with Gasteiger partial charge < -0.3 is 10.1 Å². The summed E-state index contributed by atoms with van der Waals surface area (Å²) < 4.78 is 5.69. The van der Waals surface area contributed by atoms with Gasteiger partial charge in [0.15, 0.2) is 0 Å². The summed E-state index contributed by atoms with van der Waals surface area (Å²) in [4.78, 5) is 9.98. The Morgan fingerprint density at radius 1 is 1.29 bits per heavy atom. The second-order valence-corrected chi connectivity index (χ2v) is 5.94. The zero-order valence-electron chi connectivity index (χ0n) is 12.8. The lowest BCUT2D eigenvalue weighted by Gasteiger charge is -2.06. The third-order valence-electron chi connectivity index (χ3n) is 3.21. The maximum Gasteiger partial charge on any atom is 0.0887 e. The fourth-order valence-electron chi connectivity index (χ4n) is 1.96. The van der Waals surface area contributed by atoms with Crippen LogP contribution in [0.4, 0.5) is 0 Å². The molecule has 0 saturated heterocycles. The van der Waals surface area contributed by atoms with Gasteiger partial charge in [-0.1, -0.05) is 13.0 Å². The molecular weight excluding hydrogens is 282 g/mol. The summed E-state index contributed by atoms with van der Waals surface area (Å²) in [6, 6.07) is 4.16. The largest absolute Gasteiger partial charge is 0.375 e. The smallest absolute Gasteiger partial charge is 0.0887 e. The summed E-state index contributed by atoms with van der Waals surface area (Å²) in [5, 5.41) is 3.37. The van der Waals surface area contributed by atoms with E-state index in [1.54, 1.807) is 11.3 Å². The van der Waals surface area contributed by atoms with Gasteiger partial charge in [-0.05, 0) is 31.5 Å². The predicted octanol–water partition coefficient (Wildman–Crippen LogP) is 3.11. The van der Waals surface area contributed by atoms with Gasteiger partial charge in [0, 0.05) is 24.0 Å². The van der Waals surface area contributed by atoms with E-state index in [0.717, 1.165) is 37.3 Å². The first-order valence-corrected chi connectivity index (χ1v) is 8.28. The van der Waals surface area contributed by atoms with E-state index in [0.29, 0.717) is 13.2 Å². The van der Waals surface area contributed by atoms with E-state index < -0.39 is 0 Å². The van der Waals surface area contributed by atoms with Crippen LogP contribution < -0.4 is 5.32 Å². The standard InChI is InChI=1S/C16H23N3OS/c1-3-7-17-9-14-4-5-15(18-10-14)11-20-8-6-16-13(2)19-12-21-16/h4-5,10,12,17H,3,6-9,11H2,1-2H3. The fraction of sp³-hybridized carbons (Fsp3) is 0.500. The molecule has 0 radical (unpaired) electrons. The monoisotopic (exact) mass is 305 g/mol. The molecule has 2 rings (SSSR count). The lowest BCUT2D eigenvalue weighted by molar-refractivity contribution is 0.121. The molecule has 4 nitrogen and oxygen atoms in total. The predicted molar refractivity (Wildman–Crippen MR) is 86.4 cm³/mol. The Bertz CT molecular complexity index is 525. The lowest BCUT2D eigenvalue weighted by Crippen LogP contribution is -2.14. The Kier molecular flexibility index (Phi) is 6.79. The molecule has 0 aromatic carbocycles. The van der Waals surface area contributed by atoms with Gasteiger partial charge in [0.25, 0.3) is 0 Å².